The number of nitrogens with zero attached hydrogens (tertiary/aromatic N) is 2. The molecule has 0 heterocycles. The van der Waals surface area contributed by atoms with E-state index in [1.807, 2.05) is 39.8 Å². The van der Waals surface area contributed by atoms with Crippen molar-refractivity contribution < 1.29 is 18.0 Å². The fourth-order valence-corrected chi connectivity index (χ4v) is 5.19. The number of sulfonamides is 1. The molecule has 0 aliphatic rings. The van der Waals surface area contributed by atoms with E-state index in [1.54, 1.807) is 30.3 Å². The molecular weight excluding hydrogens is 521 g/mol. The van der Waals surface area contributed by atoms with Gasteiger partial charge in [-0.25, -0.2) is 8.42 Å². The third kappa shape index (κ3) is 7.85. The average Bonchev–Trinajstić information content (AvgIpc) is 2.82. The van der Waals surface area contributed by atoms with E-state index in [-0.39, 0.29) is 18.5 Å². The number of anilines is 1. The predicted octanol–water partition coefficient (Wildman–Crippen LogP) is 5.04. The summed E-state index contributed by atoms with van der Waals surface area (Å²) in [5.41, 5.74) is 1.84. The second-order valence-electron chi connectivity index (χ2n) is 8.75. The van der Waals surface area contributed by atoms with Crippen molar-refractivity contribution in [1.29, 1.82) is 0 Å². The second kappa shape index (κ2) is 13.3. The number of hydrogen-bond donors (Lipinski definition) is 1. The molecule has 0 saturated carbocycles. The summed E-state index contributed by atoms with van der Waals surface area (Å²) in [4.78, 5) is 28.4. The van der Waals surface area contributed by atoms with Gasteiger partial charge in [-0.2, -0.15) is 0 Å². The number of rotatable bonds is 12. The van der Waals surface area contributed by atoms with Crippen LogP contribution in [0.15, 0.2) is 42.5 Å². The van der Waals surface area contributed by atoms with Crippen LogP contribution in [0.25, 0.3) is 0 Å². The summed E-state index contributed by atoms with van der Waals surface area (Å²) in [6.45, 7) is 7.15. The number of halogens is 2. The Morgan fingerprint density at radius 3 is 2.22 bits per heavy atom. The first-order chi connectivity index (χ1) is 16.9. The van der Waals surface area contributed by atoms with Crippen molar-refractivity contribution in [2.75, 3.05) is 17.1 Å². The van der Waals surface area contributed by atoms with Crippen LogP contribution in [0.2, 0.25) is 10.0 Å². The number of aryl methyl sites for hydroxylation is 1. The van der Waals surface area contributed by atoms with Crippen molar-refractivity contribution in [2.45, 2.75) is 65.6 Å². The summed E-state index contributed by atoms with van der Waals surface area (Å²) >= 11 is 12.4. The van der Waals surface area contributed by atoms with E-state index in [0.29, 0.717) is 34.1 Å². The molecule has 7 nitrogen and oxygen atoms in total. The Morgan fingerprint density at radius 1 is 1.00 bits per heavy atom. The lowest BCUT2D eigenvalue weighted by molar-refractivity contribution is -0.140. The maximum absolute atomic E-state index is 13.8. The largest absolute Gasteiger partial charge is 0.352 e. The molecule has 36 heavy (non-hydrogen) atoms. The first-order valence-corrected chi connectivity index (χ1v) is 14.6. The van der Waals surface area contributed by atoms with Gasteiger partial charge in [0.05, 0.1) is 11.9 Å². The van der Waals surface area contributed by atoms with Crippen molar-refractivity contribution in [2.24, 2.45) is 0 Å². The molecule has 2 aromatic rings. The van der Waals surface area contributed by atoms with Crippen LogP contribution in [-0.2, 0) is 32.6 Å². The van der Waals surface area contributed by atoms with Gasteiger partial charge in [0.25, 0.3) is 0 Å². The molecule has 2 atom stereocenters. The smallest absolute Gasteiger partial charge is 0.244 e. The Balaban J connectivity index is 2.51. The van der Waals surface area contributed by atoms with Gasteiger partial charge in [0.2, 0.25) is 21.8 Å². The normalized spacial score (nSPS) is 13.1. The van der Waals surface area contributed by atoms with E-state index in [2.05, 4.69) is 5.32 Å². The maximum Gasteiger partial charge on any atom is 0.244 e. The molecule has 1 N–H and O–H groups in total. The van der Waals surface area contributed by atoms with Gasteiger partial charge in [-0.05, 0) is 55.5 Å². The van der Waals surface area contributed by atoms with Gasteiger partial charge >= 0.3 is 0 Å². The molecule has 0 aliphatic carbocycles. The highest BCUT2D eigenvalue weighted by Crippen LogP contribution is 2.26. The lowest BCUT2D eigenvalue weighted by atomic mass is 10.1. The molecule has 2 rings (SSSR count). The highest BCUT2D eigenvalue weighted by Gasteiger charge is 2.32. The minimum absolute atomic E-state index is 0.0221. The summed E-state index contributed by atoms with van der Waals surface area (Å²) in [5.74, 6) is -0.811. The van der Waals surface area contributed by atoms with Crippen LogP contribution in [-0.4, -0.2) is 50.0 Å². The van der Waals surface area contributed by atoms with E-state index in [4.69, 9.17) is 23.2 Å². The topological polar surface area (TPSA) is 86.8 Å². The van der Waals surface area contributed by atoms with E-state index in [0.717, 1.165) is 22.5 Å². The van der Waals surface area contributed by atoms with E-state index < -0.39 is 28.5 Å². The lowest BCUT2D eigenvalue weighted by Crippen LogP contribution is -2.53. The third-order valence-electron chi connectivity index (χ3n) is 6.06. The van der Waals surface area contributed by atoms with Gasteiger partial charge in [-0.15, -0.1) is 0 Å². The van der Waals surface area contributed by atoms with Crippen molar-refractivity contribution in [1.82, 2.24) is 10.2 Å². The van der Waals surface area contributed by atoms with Crippen molar-refractivity contribution in [3.05, 3.63) is 63.6 Å². The third-order valence-corrected chi connectivity index (χ3v) is 7.78. The first-order valence-electron chi connectivity index (χ1n) is 12.0. The molecule has 0 bridgehead atoms. The zero-order valence-electron chi connectivity index (χ0n) is 21.4. The highest BCUT2D eigenvalue weighted by molar-refractivity contribution is 7.92. The van der Waals surface area contributed by atoms with Crippen LogP contribution < -0.4 is 9.62 Å². The fraction of sp³-hybridized carbons (Fsp3) is 0.462. The summed E-state index contributed by atoms with van der Waals surface area (Å²) in [5, 5.41) is 3.74. The van der Waals surface area contributed by atoms with Crippen LogP contribution in [0.3, 0.4) is 0 Å². The number of carbonyl (C=O) groups excluding carboxylic acids is 2. The van der Waals surface area contributed by atoms with Crippen LogP contribution in [0, 0.1) is 0 Å². The second-order valence-corrected chi connectivity index (χ2v) is 11.5. The quantitative estimate of drug-likeness (QED) is 0.397. The summed E-state index contributed by atoms with van der Waals surface area (Å²) in [6, 6.07) is 11.1. The Morgan fingerprint density at radius 2 is 1.67 bits per heavy atom. The summed E-state index contributed by atoms with van der Waals surface area (Å²) < 4.78 is 26.7. The molecular formula is C26H35Cl2N3O4S. The van der Waals surface area contributed by atoms with Gasteiger partial charge in [-0.1, -0.05) is 68.2 Å². The molecule has 0 saturated heterocycles. The number of benzene rings is 2. The Bertz CT molecular complexity index is 1170. The highest BCUT2D eigenvalue weighted by atomic mass is 35.5. The van der Waals surface area contributed by atoms with Gasteiger partial charge < -0.3 is 10.2 Å². The Hall–Kier alpha value is -2.29. The first kappa shape index (κ1) is 29.9. The number of para-hydroxylation sites is 1. The van der Waals surface area contributed by atoms with Gasteiger partial charge in [0.1, 0.15) is 12.6 Å². The monoisotopic (exact) mass is 555 g/mol. The molecule has 0 radical (unpaired) electrons. The van der Waals surface area contributed by atoms with Gasteiger partial charge in [0, 0.05) is 22.6 Å². The maximum atomic E-state index is 13.8. The summed E-state index contributed by atoms with van der Waals surface area (Å²) in [6.07, 6.45) is 2.73. The predicted molar refractivity (Wildman–Crippen MR) is 147 cm³/mol. The standard InChI is InChI=1S/C26H35Cl2N3O4S/c1-6-18(4)29-26(33)23(8-3)30(16-20-13-14-21(27)15-22(20)28)25(32)17-31(36(5,34)35)24-12-10-9-11-19(24)7-2/h9-15,18,23H,6-8,16-17H2,1-5H3,(H,29,33)/t18-,23+/m0/s1. The van der Waals surface area contributed by atoms with Crippen LogP contribution in [0.4, 0.5) is 5.69 Å². The van der Waals surface area contributed by atoms with Crippen LogP contribution >= 0.6 is 23.2 Å². The lowest BCUT2D eigenvalue weighted by Gasteiger charge is -2.34. The van der Waals surface area contributed by atoms with Crippen molar-refractivity contribution >= 4 is 50.7 Å². The zero-order valence-corrected chi connectivity index (χ0v) is 23.8. The SMILES string of the molecule is CCc1ccccc1N(CC(=O)N(Cc1ccc(Cl)cc1Cl)[C@H](CC)C(=O)N[C@@H](C)CC)S(C)(=O)=O. The Labute approximate surface area is 224 Å². The molecule has 2 amide bonds. The molecule has 0 fully saturated rings. The molecule has 2 aromatic carbocycles. The van der Waals surface area contributed by atoms with E-state index >= 15 is 0 Å². The summed E-state index contributed by atoms with van der Waals surface area (Å²) in [7, 11) is -3.80. The van der Waals surface area contributed by atoms with Gasteiger partial charge in [0.15, 0.2) is 0 Å². The molecule has 0 unspecified atom stereocenters. The fourth-order valence-electron chi connectivity index (χ4n) is 3.84. The number of nitrogens with one attached hydrogen (secondary N) is 1. The minimum Gasteiger partial charge on any atom is -0.352 e. The molecule has 0 spiro atoms. The minimum atomic E-state index is -3.80. The van der Waals surface area contributed by atoms with E-state index in [1.165, 1.54) is 4.90 Å². The van der Waals surface area contributed by atoms with Gasteiger partial charge in [-0.3, -0.25) is 13.9 Å². The average molecular weight is 557 g/mol. The van der Waals surface area contributed by atoms with Crippen molar-refractivity contribution in [3.8, 4) is 0 Å². The number of carbonyl (C=O) groups is 2. The molecule has 10 heteroatoms. The number of amides is 2. The zero-order chi connectivity index (χ0) is 27.0. The number of hydrogen-bond acceptors (Lipinski definition) is 4. The molecule has 0 aromatic heterocycles. The van der Waals surface area contributed by atoms with E-state index in [9.17, 15) is 18.0 Å². The van der Waals surface area contributed by atoms with Crippen LogP contribution in [0.1, 0.15) is 51.7 Å². The van der Waals surface area contributed by atoms with Crippen molar-refractivity contribution in [3.63, 3.8) is 0 Å². The van der Waals surface area contributed by atoms with Crippen LogP contribution in [0.5, 0.6) is 0 Å². The Kier molecular flexibility index (Phi) is 11.1. The molecule has 0 aliphatic heterocycles. The molecule has 198 valence electrons.